The maximum absolute atomic E-state index is 12.4. The summed E-state index contributed by atoms with van der Waals surface area (Å²) in [6.45, 7) is 5.67. The van der Waals surface area contributed by atoms with Crippen molar-refractivity contribution in [2.24, 2.45) is 0 Å². The monoisotopic (exact) mass is 408 g/mol. The zero-order valence-corrected chi connectivity index (χ0v) is 17.5. The van der Waals surface area contributed by atoms with E-state index in [-0.39, 0.29) is 5.91 Å². The number of nitrogens with zero attached hydrogens (tertiary/aromatic N) is 4. The van der Waals surface area contributed by atoms with Crippen molar-refractivity contribution in [2.45, 2.75) is 31.7 Å². The van der Waals surface area contributed by atoms with E-state index >= 15 is 0 Å². The number of aryl methyl sites for hydroxylation is 1. The summed E-state index contributed by atoms with van der Waals surface area (Å²) in [4.78, 5) is 23.3. The molecule has 4 rings (SSSR count). The number of rotatable bonds is 5. The van der Waals surface area contributed by atoms with Gasteiger partial charge in [-0.05, 0) is 43.2 Å². The van der Waals surface area contributed by atoms with Gasteiger partial charge < -0.3 is 0 Å². The lowest BCUT2D eigenvalue weighted by Crippen LogP contribution is -2.23. The molecule has 0 aliphatic heterocycles. The summed E-state index contributed by atoms with van der Waals surface area (Å²) >= 11 is 3.13. The Bertz CT molecular complexity index is 1150. The van der Waals surface area contributed by atoms with Gasteiger partial charge in [-0.2, -0.15) is 0 Å². The van der Waals surface area contributed by atoms with Gasteiger partial charge in [0.1, 0.15) is 0 Å². The average Bonchev–Trinajstić information content (AvgIpc) is 3.30. The fraction of sp³-hybridized carbons (Fsp3) is 0.190. The Kier molecular flexibility index (Phi) is 5.19. The molecule has 0 atom stereocenters. The van der Waals surface area contributed by atoms with Crippen LogP contribution in [0.15, 0.2) is 59.3 Å². The highest BCUT2D eigenvalue weighted by molar-refractivity contribution is 7.98. The van der Waals surface area contributed by atoms with Gasteiger partial charge in [-0.25, -0.2) is 9.97 Å². The van der Waals surface area contributed by atoms with Crippen LogP contribution >= 0.6 is 23.1 Å². The predicted molar refractivity (Wildman–Crippen MR) is 116 cm³/mol. The summed E-state index contributed by atoms with van der Waals surface area (Å²) in [6.07, 6.45) is 3.88. The number of pyridine rings is 1. The van der Waals surface area contributed by atoms with Gasteiger partial charge in [-0.1, -0.05) is 30.0 Å². The molecule has 5 nitrogen and oxygen atoms in total. The maximum atomic E-state index is 12.4. The number of carbonyl (C=O) groups is 1. The molecule has 7 heteroatoms. The van der Waals surface area contributed by atoms with Crippen LogP contribution in [0.5, 0.6) is 0 Å². The lowest BCUT2D eigenvalue weighted by Gasteiger charge is -2.21. The number of carbonyl (C=O) groups excluding carboxylic acids is 1. The molecule has 1 amide bonds. The van der Waals surface area contributed by atoms with Crippen LogP contribution in [-0.2, 0) is 10.5 Å². The molecule has 0 saturated heterocycles. The standard InChI is InChI=1S/C21H20N4OS2/c1-14-7-6-9-19(15(14)2)25(16(3)26)21-23-17(13-28-21)12-27-20-22-11-18-8-4-5-10-24(18)20/h4-11,13H,12H2,1-3H3. The fourth-order valence-electron chi connectivity index (χ4n) is 3.02. The zero-order valence-electron chi connectivity index (χ0n) is 15.9. The van der Waals surface area contributed by atoms with Gasteiger partial charge in [-0.3, -0.25) is 14.1 Å². The molecule has 1 aromatic carbocycles. The van der Waals surface area contributed by atoms with Crippen molar-refractivity contribution in [1.82, 2.24) is 14.4 Å². The first-order chi connectivity index (χ1) is 13.5. The third-order valence-electron chi connectivity index (χ3n) is 4.62. The molecule has 0 N–H and O–H groups in total. The van der Waals surface area contributed by atoms with Gasteiger partial charge in [0.2, 0.25) is 5.91 Å². The molecule has 3 aromatic heterocycles. The second kappa shape index (κ2) is 7.77. The maximum Gasteiger partial charge on any atom is 0.230 e. The molecule has 28 heavy (non-hydrogen) atoms. The Hall–Kier alpha value is -2.64. The molecule has 0 saturated carbocycles. The smallest absolute Gasteiger partial charge is 0.230 e. The molecule has 0 radical (unpaired) electrons. The second-order valence-corrected chi connectivity index (χ2v) is 8.30. The number of fused-ring (bicyclic) bond motifs is 1. The second-order valence-electron chi connectivity index (χ2n) is 6.52. The van der Waals surface area contributed by atoms with Gasteiger partial charge in [0.05, 0.1) is 23.1 Å². The zero-order chi connectivity index (χ0) is 19.7. The molecule has 0 unspecified atom stereocenters. The first-order valence-corrected chi connectivity index (χ1v) is 10.8. The van der Waals surface area contributed by atoms with Crippen molar-refractivity contribution < 1.29 is 4.79 Å². The quantitative estimate of drug-likeness (QED) is 0.416. The van der Waals surface area contributed by atoms with Crippen molar-refractivity contribution in [1.29, 1.82) is 0 Å². The van der Waals surface area contributed by atoms with Crippen LogP contribution in [0.3, 0.4) is 0 Å². The Balaban J connectivity index is 1.57. The van der Waals surface area contributed by atoms with E-state index in [0.717, 1.165) is 33.2 Å². The molecule has 142 valence electrons. The molecular weight excluding hydrogens is 388 g/mol. The molecule has 4 aromatic rings. The Morgan fingerprint density at radius 3 is 2.89 bits per heavy atom. The Morgan fingerprint density at radius 2 is 2.07 bits per heavy atom. The number of thiazole rings is 1. The first-order valence-electron chi connectivity index (χ1n) is 8.91. The number of aromatic nitrogens is 3. The molecule has 0 bridgehead atoms. The molecule has 0 aliphatic rings. The van der Waals surface area contributed by atoms with Crippen molar-refractivity contribution in [3.05, 3.63) is 71.0 Å². The van der Waals surface area contributed by atoms with Gasteiger partial charge in [-0.15, -0.1) is 11.3 Å². The summed E-state index contributed by atoms with van der Waals surface area (Å²) < 4.78 is 2.07. The lowest BCUT2D eigenvalue weighted by atomic mass is 10.1. The number of hydrogen-bond donors (Lipinski definition) is 0. The molecule has 0 fully saturated rings. The van der Waals surface area contributed by atoms with E-state index in [9.17, 15) is 4.79 Å². The molecule has 0 aliphatic carbocycles. The highest BCUT2D eigenvalue weighted by atomic mass is 32.2. The largest absolute Gasteiger partial charge is 0.295 e. The van der Waals surface area contributed by atoms with Gasteiger partial charge in [0.25, 0.3) is 0 Å². The summed E-state index contributed by atoms with van der Waals surface area (Å²) in [7, 11) is 0. The van der Waals surface area contributed by atoms with E-state index in [1.54, 1.807) is 23.6 Å². The van der Waals surface area contributed by atoms with Crippen LogP contribution < -0.4 is 4.90 Å². The number of amides is 1. The molecule has 3 heterocycles. The number of hydrogen-bond acceptors (Lipinski definition) is 5. The number of benzene rings is 1. The Morgan fingerprint density at radius 1 is 1.21 bits per heavy atom. The van der Waals surface area contributed by atoms with Crippen molar-refractivity contribution >= 4 is 45.3 Å². The number of anilines is 2. The van der Waals surface area contributed by atoms with Crippen molar-refractivity contribution in [2.75, 3.05) is 4.90 Å². The molecule has 0 spiro atoms. The fourth-order valence-corrected chi connectivity index (χ4v) is 4.86. The van der Waals surface area contributed by atoms with E-state index in [1.807, 2.05) is 55.0 Å². The van der Waals surface area contributed by atoms with E-state index in [4.69, 9.17) is 4.98 Å². The topological polar surface area (TPSA) is 50.5 Å². The minimum absolute atomic E-state index is 0.0403. The van der Waals surface area contributed by atoms with Gasteiger partial charge in [0, 0.05) is 24.3 Å². The summed E-state index contributed by atoms with van der Waals surface area (Å²) in [5, 5.41) is 3.65. The van der Waals surface area contributed by atoms with Crippen molar-refractivity contribution in [3.8, 4) is 0 Å². The van der Waals surface area contributed by atoms with Crippen LogP contribution in [0.25, 0.3) is 5.52 Å². The third-order valence-corrected chi connectivity index (χ3v) is 6.49. The summed E-state index contributed by atoms with van der Waals surface area (Å²) in [6, 6.07) is 12.0. The first kappa shape index (κ1) is 18.7. The van der Waals surface area contributed by atoms with Gasteiger partial charge >= 0.3 is 0 Å². The highest BCUT2D eigenvalue weighted by Crippen LogP contribution is 2.33. The Labute approximate surface area is 172 Å². The number of thioether (sulfide) groups is 1. The summed E-state index contributed by atoms with van der Waals surface area (Å²) in [5.41, 5.74) is 5.14. The van der Waals surface area contributed by atoms with Crippen LogP contribution in [0.4, 0.5) is 10.8 Å². The van der Waals surface area contributed by atoms with E-state index in [2.05, 4.69) is 22.4 Å². The van der Waals surface area contributed by atoms with Crippen LogP contribution in [0.1, 0.15) is 23.7 Å². The normalized spacial score (nSPS) is 11.1. The van der Waals surface area contributed by atoms with Crippen LogP contribution in [0.2, 0.25) is 0 Å². The van der Waals surface area contributed by atoms with Crippen molar-refractivity contribution in [3.63, 3.8) is 0 Å². The lowest BCUT2D eigenvalue weighted by molar-refractivity contribution is -0.115. The number of imidazole rings is 1. The van der Waals surface area contributed by atoms with E-state index < -0.39 is 0 Å². The SMILES string of the molecule is CC(=O)N(c1nc(CSc2ncc3ccccn23)cs1)c1cccc(C)c1C. The highest BCUT2D eigenvalue weighted by Gasteiger charge is 2.20. The molecular formula is C21H20N4OS2. The van der Waals surface area contributed by atoms with Crippen LogP contribution in [0, 0.1) is 13.8 Å². The van der Waals surface area contributed by atoms with Crippen LogP contribution in [-0.4, -0.2) is 20.3 Å². The van der Waals surface area contributed by atoms with Gasteiger partial charge in [0.15, 0.2) is 10.3 Å². The minimum atomic E-state index is -0.0403. The predicted octanol–water partition coefficient (Wildman–Crippen LogP) is 5.38. The summed E-state index contributed by atoms with van der Waals surface area (Å²) in [5.74, 6) is 0.657. The van der Waals surface area contributed by atoms with E-state index in [1.165, 1.54) is 11.3 Å². The van der Waals surface area contributed by atoms with E-state index in [0.29, 0.717) is 10.9 Å². The third kappa shape index (κ3) is 3.55. The minimum Gasteiger partial charge on any atom is -0.295 e. The average molecular weight is 409 g/mol.